The number of benzene rings is 2. The van der Waals surface area contributed by atoms with E-state index in [2.05, 4.69) is 0 Å². The zero-order valence-electron chi connectivity index (χ0n) is 8.95. The zero-order valence-corrected chi connectivity index (χ0v) is 8.95. The molecule has 1 N–H and O–H groups in total. The van der Waals surface area contributed by atoms with Crippen molar-refractivity contribution in [1.29, 1.82) is 0 Å². The minimum atomic E-state index is -1.31. The largest absolute Gasteiger partial charge is 0.507 e. The van der Waals surface area contributed by atoms with E-state index >= 15 is 0 Å². The fourth-order valence-corrected chi connectivity index (χ4v) is 1.58. The summed E-state index contributed by atoms with van der Waals surface area (Å²) in [7, 11) is 0. The molecule has 2 aromatic carbocycles. The van der Waals surface area contributed by atoms with Crippen LogP contribution in [0.15, 0.2) is 30.3 Å². The van der Waals surface area contributed by atoms with Crippen LogP contribution in [0.5, 0.6) is 5.75 Å². The predicted octanol–water partition coefficient (Wildman–Crippen LogP) is 3.29. The fraction of sp³-hybridized carbons (Fsp3) is 0. The van der Waals surface area contributed by atoms with E-state index in [1.54, 1.807) is 0 Å². The molecule has 2 nitrogen and oxygen atoms in total. The number of phenolic OH excluding ortho intramolecular Hbond substituents is 1. The Kier molecular flexibility index (Phi) is 3.06. The quantitative estimate of drug-likeness (QED) is 0.657. The number of rotatable bonds is 2. The molecule has 0 aliphatic rings. The maximum atomic E-state index is 13.5. The molecule has 0 fully saturated rings. The van der Waals surface area contributed by atoms with Gasteiger partial charge in [-0.3, -0.25) is 4.79 Å². The molecule has 2 rings (SSSR count). The van der Waals surface area contributed by atoms with Crippen molar-refractivity contribution < 1.29 is 23.1 Å². The van der Waals surface area contributed by atoms with Gasteiger partial charge >= 0.3 is 0 Å². The molecule has 0 atom stereocenters. The van der Waals surface area contributed by atoms with Gasteiger partial charge in [-0.15, -0.1) is 0 Å². The summed E-state index contributed by atoms with van der Waals surface area (Å²) in [5.74, 6) is -3.74. The summed E-state index contributed by atoms with van der Waals surface area (Å²) in [6.07, 6.45) is 0.367. The minimum Gasteiger partial charge on any atom is -0.507 e. The summed E-state index contributed by atoms with van der Waals surface area (Å²) in [5, 5.41) is 9.29. The fourth-order valence-electron chi connectivity index (χ4n) is 1.58. The van der Waals surface area contributed by atoms with Crippen LogP contribution in [0.1, 0.15) is 10.4 Å². The van der Waals surface area contributed by atoms with Gasteiger partial charge in [0.05, 0.1) is 5.56 Å². The number of halogens is 3. The highest BCUT2D eigenvalue weighted by Crippen LogP contribution is 2.28. The molecule has 0 saturated carbocycles. The van der Waals surface area contributed by atoms with Crippen molar-refractivity contribution in [1.82, 2.24) is 0 Å². The standard InChI is InChI=1S/C13H7F3O2/c14-9-4-10(13(16)11(15)5-9)7-1-2-12(18)8(3-7)6-17/h1-6,18H. The Bertz CT molecular complexity index is 624. The maximum Gasteiger partial charge on any atom is 0.166 e. The van der Waals surface area contributed by atoms with E-state index in [-0.39, 0.29) is 22.4 Å². The van der Waals surface area contributed by atoms with E-state index in [1.165, 1.54) is 6.07 Å². The highest BCUT2D eigenvalue weighted by atomic mass is 19.2. The number of carbonyl (C=O) groups is 1. The Hall–Kier alpha value is -2.30. The van der Waals surface area contributed by atoms with Crippen LogP contribution >= 0.6 is 0 Å². The van der Waals surface area contributed by atoms with Gasteiger partial charge in [0, 0.05) is 11.6 Å². The molecular formula is C13H7F3O2. The summed E-state index contributed by atoms with van der Waals surface area (Å²) in [5.41, 5.74) is -0.294. The third kappa shape index (κ3) is 2.07. The van der Waals surface area contributed by atoms with Crippen LogP contribution in [0.2, 0.25) is 0 Å². The summed E-state index contributed by atoms with van der Waals surface area (Å²) < 4.78 is 39.6. The molecule has 0 heterocycles. The minimum absolute atomic E-state index is 0.0865. The first kappa shape index (κ1) is 12.2. The first-order chi connectivity index (χ1) is 8.52. The number of hydrogen-bond acceptors (Lipinski definition) is 2. The van der Waals surface area contributed by atoms with Crippen molar-refractivity contribution >= 4 is 6.29 Å². The number of aromatic hydroxyl groups is 1. The zero-order chi connectivity index (χ0) is 13.3. The highest BCUT2D eigenvalue weighted by Gasteiger charge is 2.14. The van der Waals surface area contributed by atoms with Crippen LogP contribution in [-0.2, 0) is 0 Å². The van der Waals surface area contributed by atoms with E-state index in [4.69, 9.17) is 0 Å². The first-order valence-corrected chi connectivity index (χ1v) is 4.96. The summed E-state index contributed by atoms with van der Waals surface area (Å²) in [6.45, 7) is 0. The lowest BCUT2D eigenvalue weighted by Crippen LogP contribution is -1.93. The van der Waals surface area contributed by atoms with Gasteiger partial charge in [-0.25, -0.2) is 13.2 Å². The number of phenols is 1. The van der Waals surface area contributed by atoms with Gasteiger partial charge in [0.1, 0.15) is 11.6 Å². The Morgan fingerprint density at radius 2 is 1.78 bits per heavy atom. The lowest BCUT2D eigenvalue weighted by atomic mass is 10.0. The third-order valence-electron chi connectivity index (χ3n) is 2.46. The second-order valence-corrected chi connectivity index (χ2v) is 3.64. The molecule has 5 heteroatoms. The first-order valence-electron chi connectivity index (χ1n) is 4.96. The van der Waals surface area contributed by atoms with Gasteiger partial charge in [-0.05, 0) is 23.8 Å². The molecule has 0 aliphatic carbocycles. The SMILES string of the molecule is O=Cc1cc(-c2cc(F)cc(F)c2F)ccc1O. The van der Waals surface area contributed by atoms with Gasteiger partial charge in [0.15, 0.2) is 17.9 Å². The van der Waals surface area contributed by atoms with Gasteiger partial charge < -0.3 is 5.11 Å². The molecule has 2 aromatic rings. The second-order valence-electron chi connectivity index (χ2n) is 3.64. The van der Waals surface area contributed by atoms with Crippen molar-refractivity contribution in [3.63, 3.8) is 0 Å². The second kappa shape index (κ2) is 4.52. The molecule has 0 aromatic heterocycles. The molecular weight excluding hydrogens is 245 g/mol. The number of aldehydes is 1. The molecule has 0 bridgehead atoms. The van der Waals surface area contributed by atoms with Gasteiger partial charge in [0.25, 0.3) is 0 Å². The van der Waals surface area contributed by atoms with Crippen molar-refractivity contribution in [3.8, 4) is 16.9 Å². The Balaban J connectivity index is 2.65. The average Bonchev–Trinajstić information content (AvgIpc) is 2.34. The Morgan fingerprint density at radius 3 is 2.44 bits per heavy atom. The summed E-state index contributed by atoms with van der Waals surface area (Å²) in [4.78, 5) is 10.6. The monoisotopic (exact) mass is 252 g/mol. The number of carbonyl (C=O) groups excluding carboxylic acids is 1. The predicted molar refractivity (Wildman–Crippen MR) is 58.8 cm³/mol. The Morgan fingerprint density at radius 1 is 1.06 bits per heavy atom. The van der Waals surface area contributed by atoms with Gasteiger partial charge in [-0.2, -0.15) is 0 Å². The molecule has 0 aliphatic heterocycles. The van der Waals surface area contributed by atoms with Gasteiger partial charge in [0.2, 0.25) is 0 Å². The van der Waals surface area contributed by atoms with Crippen LogP contribution in [0.25, 0.3) is 11.1 Å². The van der Waals surface area contributed by atoms with Gasteiger partial charge in [-0.1, -0.05) is 6.07 Å². The van der Waals surface area contributed by atoms with E-state index in [0.29, 0.717) is 12.4 Å². The maximum absolute atomic E-state index is 13.5. The van der Waals surface area contributed by atoms with Crippen LogP contribution in [0.4, 0.5) is 13.2 Å². The topological polar surface area (TPSA) is 37.3 Å². The van der Waals surface area contributed by atoms with Crippen molar-refractivity contribution in [2.75, 3.05) is 0 Å². The van der Waals surface area contributed by atoms with E-state index in [1.807, 2.05) is 0 Å². The van der Waals surface area contributed by atoms with Crippen LogP contribution in [-0.4, -0.2) is 11.4 Å². The molecule has 0 radical (unpaired) electrons. The van der Waals surface area contributed by atoms with Crippen molar-refractivity contribution in [3.05, 3.63) is 53.3 Å². The summed E-state index contributed by atoms with van der Waals surface area (Å²) in [6, 6.07) is 4.82. The highest BCUT2D eigenvalue weighted by molar-refractivity contribution is 5.82. The smallest absolute Gasteiger partial charge is 0.166 e. The van der Waals surface area contributed by atoms with Crippen molar-refractivity contribution in [2.45, 2.75) is 0 Å². The molecule has 18 heavy (non-hydrogen) atoms. The number of hydrogen-bond donors (Lipinski definition) is 1. The van der Waals surface area contributed by atoms with Crippen LogP contribution in [0.3, 0.4) is 0 Å². The molecule has 0 saturated heterocycles. The van der Waals surface area contributed by atoms with Crippen molar-refractivity contribution in [2.24, 2.45) is 0 Å². The molecule has 0 spiro atoms. The molecule has 0 amide bonds. The van der Waals surface area contributed by atoms with Crippen LogP contribution in [0, 0.1) is 17.5 Å². The lowest BCUT2D eigenvalue weighted by Gasteiger charge is -2.06. The Labute approximate surface area is 100 Å². The van der Waals surface area contributed by atoms with E-state index in [9.17, 15) is 23.1 Å². The third-order valence-corrected chi connectivity index (χ3v) is 2.46. The van der Waals surface area contributed by atoms with E-state index in [0.717, 1.165) is 18.2 Å². The molecule has 0 unspecified atom stereocenters. The average molecular weight is 252 g/mol. The molecule has 92 valence electrons. The normalized spacial score (nSPS) is 10.4. The van der Waals surface area contributed by atoms with Crippen LogP contribution < -0.4 is 0 Å². The summed E-state index contributed by atoms with van der Waals surface area (Å²) >= 11 is 0. The van der Waals surface area contributed by atoms with E-state index < -0.39 is 17.5 Å². The lowest BCUT2D eigenvalue weighted by molar-refractivity contribution is 0.112.